The molecule has 0 aromatic heterocycles. The molecule has 0 spiro atoms. The van der Waals surface area contributed by atoms with Crippen LogP contribution >= 0.6 is 0 Å². The van der Waals surface area contributed by atoms with Crippen LogP contribution in [0.5, 0.6) is 0 Å². The zero-order valence-corrected chi connectivity index (χ0v) is 14.1. The number of allylic oxidation sites excluding steroid dienone is 3. The number of hydrogen-bond donors (Lipinski definition) is 0. The summed E-state index contributed by atoms with van der Waals surface area (Å²) in [6.45, 7) is 10.9. The molecule has 1 amide bonds. The monoisotopic (exact) mass is 296 g/mol. The molecule has 0 atom stereocenters. The highest BCUT2D eigenvalue weighted by atomic mass is 16.5. The van der Waals surface area contributed by atoms with Crippen LogP contribution < -0.4 is 0 Å². The predicted octanol–water partition coefficient (Wildman–Crippen LogP) is 1.85. The molecule has 0 bridgehead atoms. The maximum absolute atomic E-state index is 12.0. The summed E-state index contributed by atoms with van der Waals surface area (Å²) in [5.74, 6) is -0.0735. The van der Waals surface area contributed by atoms with Crippen molar-refractivity contribution >= 4 is 11.9 Å². The van der Waals surface area contributed by atoms with E-state index in [1.807, 2.05) is 37.8 Å². The molecule has 0 aromatic rings. The van der Waals surface area contributed by atoms with Gasteiger partial charge in [0.2, 0.25) is 5.91 Å². The van der Waals surface area contributed by atoms with E-state index in [9.17, 15) is 9.59 Å². The lowest BCUT2D eigenvalue weighted by Gasteiger charge is -2.32. The van der Waals surface area contributed by atoms with E-state index < -0.39 is 0 Å². The third-order valence-electron chi connectivity index (χ3n) is 3.08. The Kier molecular flexibility index (Phi) is 9.37. The summed E-state index contributed by atoms with van der Waals surface area (Å²) in [7, 11) is 3.44. The Morgan fingerprint density at radius 2 is 1.43 bits per heavy atom. The molecule has 1 aliphatic rings. The van der Waals surface area contributed by atoms with Crippen molar-refractivity contribution in [1.82, 2.24) is 9.80 Å². The van der Waals surface area contributed by atoms with Gasteiger partial charge in [0.05, 0.1) is 7.11 Å². The average molecular weight is 296 g/mol. The fourth-order valence-electron chi connectivity index (χ4n) is 1.62. The number of carbonyl (C=O) groups excluding carboxylic acids is 2. The summed E-state index contributed by atoms with van der Waals surface area (Å²) >= 11 is 0. The van der Waals surface area contributed by atoms with E-state index in [-0.39, 0.29) is 11.9 Å². The van der Waals surface area contributed by atoms with Crippen LogP contribution in [0.4, 0.5) is 0 Å². The van der Waals surface area contributed by atoms with Gasteiger partial charge < -0.3 is 14.5 Å². The van der Waals surface area contributed by atoms with Crippen LogP contribution in [0.3, 0.4) is 0 Å². The Morgan fingerprint density at radius 3 is 1.81 bits per heavy atom. The van der Waals surface area contributed by atoms with Gasteiger partial charge in [0, 0.05) is 38.7 Å². The summed E-state index contributed by atoms with van der Waals surface area (Å²) in [6, 6.07) is 0. The number of amides is 1. The van der Waals surface area contributed by atoms with Crippen LogP contribution in [0.25, 0.3) is 0 Å². The molecule has 5 heteroatoms. The average Bonchev–Trinajstić information content (AvgIpc) is 2.45. The number of esters is 1. The van der Waals surface area contributed by atoms with Crippen LogP contribution in [0.15, 0.2) is 23.3 Å². The van der Waals surface area contributed by atoms with E-state index >= 15 is 0 Å². The van der Waals surface area contributed by atoms with Crippen molar-refractivity contribution in [2.45, 2.75) is 27.7 Å². The molecule has 0 aromatic carbocycles. The smallest absolute Gasteiger partial charge is 0.302 e. The highest BCUT2D eigenvalue weighted by Crippen LogP contribution is 2.06. The molecule has 5 nitrogen and oxygen atoms in total. The first-order chi connectivity index (χ1) is 9.77. The van der Waals surface area contributed by atoms with Crippen LogP contribution in [0, 0.1) is 0 Å². The molecular weight excluding hydrogens is 268 g/mol. The van der Waals surface area contributed by atoms with E-state index in [1.54, 1.807) is 0 Å². The number of rotatable bonds is 2. The first kappa shape index (κ1) is 19.4. The minimum atomic E-state index is -0.245. The van der Waals surface area contributed by atoms with Gasteiger partial charge in [-0.15, -0.1) is 0 Å². The van der Waals surface area contributed by atoms with E-state index in [2.05, 4.69) is 16.7 Å². The Morgan fingerprint density at radius 1 is 0.952 bits per heavy atom. The lowest BCUT2D eigenvalue weighted by molar-refractivity contribution is -0.138. The quantitative estimate of drug-likeness (QED) is 0.443. The largest absolute Gasteiger partial charge is 0.469 e. The fraction of sp³-hybridized carbons (Fsp3) is 0.625. The van der Waals surface area contributed by atoms with Gasteiger partial charge in [-0.2, -0.15) is 0 Å². The van der Waals surface area contributed by atoms with Gasteiger partial charge in [-0.25, -0.2) is 0 Å². The summed E-state index contributed by atoms with van der Waals surface area (Å²) in [5.41, 5.74) is 2.04. The molecule has 0 radical (unpaired) electrons. The summed E-state index contributed by atoms with van der Waals surface area (Å²) in [4.78, 5) is 25.8. The first-order valence-electron chi connectivity index (χ1n) is 7.12. The predicted molar refractivity (Wildman–Crippen MR) is 85.0 cm³/mol. The maximum atomic E-state index is 12.0. The number of hydrogen-bond acceptors (Lipinski definition) is 4. The van der Waals surface area contributed by atoms with Crippen molar-refractivity contribution in [2.24, 2.45) is 0 Å². The zero-order chi connectivity index (χ0) is 16.4. The maximum Gasteiger partial charge on any atom is 0.302 e. The number of ether oxygens (including phenoxy) is 1. The summed E-state index contributed by atoms with van der Waals surface area (Å²) in [6.07, 6.45) is 3.90. The molecule has 21 heavy (non-hydrogen) atoms. The molecule has 1 rings (SSSR count). The zero-order valence-electron chi connectivity index (χ0n) is 14.1. The normalized spacial score (nSPS) is 15.7. The second-order valence-corrected chi connectivity index (χ2v) is 5.38. The van der Waals surface area contributed by atoms with E-state index in [4.69, 9.17) is 0 Å². The number of nitrogens with zero attached hydrogens (tertiary/aromatic N) is 2. The van der Waals surface area contributed by atoms with Crippen LogP contribution in [-0.4, -0.2) is 62.0 Å². The third kappa shape index (κ3) is 9.02. The standard InChI is InChI=1S/C13H22N2O.C3H6O2/c1-11(2)5-6-12(3)13(16)15-9-7-14(4)8-10-15;1-3(4)5-2/h5-6H,7-10H2,1-4H3;1-2H3/b12-6+;. The van der Waals surface area contributed by atoms with Gasteiger partial charge in [-0.05, 0) is 27.8 Å². The molecule has 0 saturated carbocycles. The highest BCUT2D eigenvalue weighted by Gasteiger charge is 2.19. The Labute approximate surface area is 128 Å². The van der Waals surface area contributed by atoms with Crippen molar-refractivity contribution in [3.63, 3.8) is 0 Å². The van der Waals surface area contributed by atoms with Crippen LogP contribution in [-0.2, 0) is 14.3 Å². The molecule has 0 aliphatic carbocycles. The second-order valence-electron chi connectivity index (χ2n) is 5.38. The van der Waals surface area contributed by atoms with Crippen molar-refractivity contribution in [1.29, 1.82) is 0 Å². The lowest BCUT2D eigenvalue weighted by Crippen LogP contribution is -2.47. The Balaban J connectivity index is 0.000000690. The van der Waals surface area contributed by atoms with Gasteiger partial charge in [0.1, 0.15) is 0 Å². The van der Waals surface area contributed by atoms with Crippen molar-refractivity contribution in [3.05, 3.63) is 23.3 Å². The van der Waals surface area contributed by atoms with Gasteiger partial charge in [0.25, 0.3) is 0 Å². The van der Waals surface area contributed by atoms with Gasteiger partial charge >= 0.3 is 5.97 Å². The van der Waals surface area contributed by atoms with Gasteiger partial charge in [-0.1, -0.05) is 17.7 Å². The van der Waals surface area contributed by atoms with E-state index in [0.29, 0.717) is 0 Å². The Bertz CT molecular complexity index is 402. The van der Waals surface area contributed by atoms with E-state index in [1.165, 1.54) is 19.6 Å². The molecule has 1 fully saturated rings. The topological polar surface area (TPSA) is 49.9 Å². The number of methoxy groups -OCH3 is 1. The van der Waals surface area contributed by atoms with Crippen molar-refractivity contribution < 1.29 is 14.3 Å². The molecule has 120 valence electrons. The molecule has 1 aliphatic heterocycles. The number of carbonyl (C=O) groups is 2. The molecular formula is C16H28N2O3. The van der Waals surface area contributed by atoms with Crippen LogP contribution in [0.1, 0.15) is 27.7 Å². The lowest BCUT2D eigenvalue weighted by atomic mass is 10.2. The van der Waals surface area contributed by atoms with Crippen molar-refractivity contribution in [3.8, 4) is 0 Å². The van der Waals surface area contributed by atoms with E-state index in [0.717, 1.165) is 31.8 Å². The summed E-state index contributed by atoms with van der Waals surface area (Å²) < 4.78 is 4.11. The minimum Gasteiger partial charge on any atom is -0.469 e. The Hall–Kier alpha value is -1.62. The summed E-state index contributed by atoms with van der Waals surface area (Å²) in [5, 5.41) is 0. The minimum absolute atomic E-state index is 0.172. The molecule has 0 unspecified atom stereocenters. The molecule has 1 heterocycles. The van der Waals surface area contributed by atoms with Gasteiger partial charge in [-0.3, -0.25) is 9.59 Å². The molecule has 0 N–H and O–H groups in total. The second kappa shape index (κ2) is 10.2. The fourth-order valence-corrected chi connectivity index (χ4v) is 1.62. The first-order valence-corrected chi connectivity index (χ1v) is 7.12. The van der Waals surface area contributed by atoms with Crippen molar-refractivity contribution in [2.75, 3.05) is 40.3 Å². The SMILES string of the molecule is CC(C)=C/C=C(\C)C(=O)N1CCN(C)CC1.COC(C)=O. The van der Waals surface area contributed by atoms with Gasteiger partial charge in [0.15, 0.2) is 0 Å². The highest BCUT2D eigenvalue weighted by molar-refractivity contribution is 5.93. The number of piperazine rings is 1. The van der Waals surface area contributed by atoms with Crippen LogP contribution in [0.2, 0.25) is 0 Å². The molecule has 1 saturated heterocycles. The third-order valence-corrected chi connectivity index (χ3v) is 3.08. The number of likely N-dealkylation sites (N-methyl/N-ethyl adjacent to an activating group) is 1.